The molecule has 0 atom stereocenters. The second-order valence-electron chi connectivity index (χ2n) is 1.73. The summed E-state index contributed by atoms with van der Waals surface area (Å²) in [6, 6.07) is 1.38. The Bertz CT molecular complexity index is 265. The number of rotatable bonds is 0. The van der Waals surface area contributed by atoms with Gasteiger partial charge in [0, 0.05) is 4.47 Å². The Hall–Kier alpha value is 0.450. The van der Waals surface area contributed by atoms with Crippen molar-refractivity contribution >= 4 is 43.2 Å². The summed E-state index contributed by atoms with van der Waals surface area (Å²) in [7, 11) is 0. The maximum Gasteiger partial charge on any atom is 0.426 e. The molecule has 0 bridgehead atoms. The van der Waals surface area contributed by atoms with Gasteiger partial charge in [-0.25, -0.2) is 0 Å². The predicted molar refractivity (Wildman–Crippen MR) is 44.7 cm³/mol. The second-order valence-corrected chi connectivity index (χ2v) is 5.01. The molecule has 6 heteroatoms. The molecule has 0 aliphatic carbocycles. The molecule has 0 aromatic carbocycles. The van der Waals surface area contributed by atoms with Gasteiger partial charge in [-0.1, -0.05) is 0 Å². The minimum atomic E-state index is -4.25. The van der Waals surface area contributed by atoms with Crippen LogP contribution in [-0.2, 0) is 6.18 Å². The lowest BCUT2D eigenvalue weighted by Crippen LogP contribution is -2.01. The Labute approximate surface area is 81.7 Å². The molecule has 0 nitrogen and oxygen atoms in total. The van der Waals surface area contributed by atoms with Crippen LogP contribution in [0.1, 0.15) is 4.88 Å². The first-order chi connectivity index (χ1) is 4.91. The van der Waals surface area contributed by atoms with E-state index < -0.39 is 11.1 Å². The minimum absolute atomic E-state index is 0.0851. The SMILES string of the molecule is FC(F)(F)c1sc(Br)cc1Br. The Morgan fingerprint density at radius 3 is 2.00 bits per heavy atom. The van der Waals surface area contributed by atoms with E-state index in [0.29, 0.717) is 15.1 Å². The number of thiophene rings is 1. The predicted octanol–water partition coefficient (Wildman–Crippen LogP) is 4.29. The van der Waals surface area contributed by atoms with Crippen LogP contribution in [0.4, 0.5) is 13.2 Å². The van der Waals surface area contributed by atoms with E-state index in [1.54, 1.807) is 0 Å². The van der Waals surface area contributed by atoms with E-state index in [1.807, 2.05) is 0 Å². The van der Waals surface area contributed by atoms with Crippen LogP contribution in [0.2, 0.25) is 0 Å². The van der Waals surface area contributed by atoms with Crippen molar-refractivity contribution in [1.82, 2.24) is 0 Å². The van der Waals surface area contributed by atoms with Gasteiger partial charge >= 0.3 is 6.18 Å². The molecule has 0 aliphatic heterocycles. The third-order valence-electron chi connectivity index (χ3n) is 0.914. The van der Waals surface area contributed by atoms with Crippen molar-refractivity contribution in [2.75, 3.05) is 0 Å². The van der Waals surface area contributed by atoms with E-state index in [-0.39, 0.29) is 4.47 Å². The van der Waals surface area contributed by atoms with Crippen molar-refractivity contribution < 1.29 is 13.2 Å². The van der Waals surface area contributed by atoms with Crippen LogP contribution in [0.3, 0.4) is 0 Å². The molecular formula is C5HBr2F3S. The molecule has 11 heavy (non-hydrogen) atoms. The summed E-state index contributed by atoms with van der Waals surface area (Å²) in [6.07, 6.45) is -4.25. The zero-order valence-electron chi connectivity index (χ0n) is 4.88. The van der Waals surface area contributed by atoms with E-state index >= 15 is 0 Å². The zero-order chi connectivity index (χ0) is 8.65. The topological polar surface area (TPSA) is 0 Å². The van der Waals surface area contributed by atoms with E-state index in [0.717, 1.165) is 0 Å². The lowest BCUT2D eigenvalue weighted by atomic mass is 10.5. The highest BCUT2D eigenvalue weighted by atomic mass is 79.9. The van der Waals surface area contributed by atoms with Gasteiger partial charge in [-0.15, -0.1) is 11.3 Å². The summed E-state index contributed by atoms with van der Waals surface area (Å²) >= 11 is 6.44. The molecule has 1 heterocycles. The van der Waals surface area contributed by atoms with Crippen molar-refractivity contribution in [2.45, 2.75) is 6.18 Å². The summed E-state index contributed by atoms with van der Waals surface area (Å²) in [5.74, 6) is 0. The molecular weight excluding hydrogens is 309 g/mol. The Morgan fingerprint density at radius 1 is 1.27 bits per heavy atom. The highest BCUT2D eigenvalue weighted by Crippen LogP contribution is 2.42. The van der Waals surface area contributed by atoms with Gasteiger partial charge in [0.1, 0.15) is 4.88 Å². The molecule has 62 valence electrons. The van der Waals surface area contributed by atoms with Gasteiger partial charge in [0.25, 0.3) is 0 Å². The van der Waals surface area contributed by atoms with Crippen molar-refractivity contribution in [2.24, 2.45) is 0 Å². The lowest BCUT2D eigenvalue weighted by molar-refractivity contribution is -0.134. The average molecular weight is 310 g/mol. The van der Waals surface area contributed by atoms with Gasteiger partial charge in [0.05, 0.1) is 3.79 Å². The fourth-order valence-corrected chi connectivity index (χ4v) is 3.05. The molecule has 0 saturated heterocycles. The highest BCUT2D eigenvalue weighted by Gasteiger charge is 2.35. The van der Waals surface area contributed by atoms with Crippen LogP contribution in [-0.4, -0.2) is 0 Å². The third kappa shape index (κ3) is 2.19. The van der Waals surface area contributed by atoms with E-state index in [2.05, 4.69) is 31.9 Å². The van der Waals surface area contributed by atoms with E-state index in [4.69, 9.17) is 0 Å². The fourth-order valence-electron chi connectivity index (χ4n) is 0.534. The number of halogens is 5. The molecule has 0 unspecified atom stereocenters. The molecule has 1 aromatic rings. The van der Waals surface area contributed by atoms with Crippen molar-refractivity contribution in [3.63, 3.8) is 0 Å². The van der Waals surface area contributed by atoms with Crippen LogP contribution in [0.15, 0.2) is 14.3 Å². The first-order valence-electron chi connectivity index (χ1n) is 2.43. The van der Waals surface area contributed by atoms with Crippen LogP contribution < -0.4 is 0 Å². The number of alkyl halides is 3. The van der Waals surface area contributed by atoms with Gasteiger partial charge in [-0.3, -0.25) is 0 Å². The maximum absolute atomic E-state index is 12.0. The highest BCUT2D eigenvalue weighted by molar-refractivity contribution is 9.11. The largest absolute Gasteiger partial charge is 0.426 e. The van der Waals surface area contributed by atoms with Gasteiger partial charge < -0.3 is 0 Å². The van der Waals surface area contributed by atoms with Crippen molar-refractivity contribution in [3.8, 4) is 0 Å². The van der Waals surface area contributed by atoms with Crippen LogP contribution in [0.25, 0.3) is 0 Å². The van der Waals surface area contributed by atoms with Crippen LogP contribution in [0, 0.1) is 0 Å². The molecule has 0 saturated carbocycles. The molecule has 0 amide bonds. The first kappa shape index (κ1) is 9.54. The maximum atomic E-state index is 12.0. The van der Waals surface area contributed by atoms with Gasteiger partial charge in [-0.2, -0.15) is 13.2 Å². The zero-order valence-corrected chi connectivity index (χ0v) is 8.86. The molecule has 0 aliphatic rings. The average Bonchev–Trinajstić information content (AvgIpc) is 2.08. The minimum Gasteiger partial charge on any atom is -0.165 e. The summed E-state index contributed by atoms with van der Waals surface area (Å²) in [5, 5.41) is 0. The summed E-state index contributed by atoms with van der Waals surface area (Å²) in [5.41, 5.74) is 0. The van der Waals surface area contributed by atoms with Crippen LogP contribution in [0.5, 0.6) is 0 Å². The molecule has 0 spiro atoms. The van der Waals surface area contributed by atoms with Gasteiger partial charge in [0.2, 0.25) is 0 Å². The summed E-state index contributed by atoms with van der Waals surface area (Å²) in [6.45, 7) is 0. The lowest BCUT2D eigenvalue weighted by Gasteiger charge is -2.01. The molecule has 1 aromatic heterocycles. The molecule has 0 N–H and O–H groups in total. The number of hydrogen-bond acceptors (Lipinski definition) is 1. The standard InChI is InChI=1S/C5HBr2F3S/c6-2-1-3(7)11-4(2)5(8,9)10/h1H. The second kappa shape index (κ2) is 3.06. The van der Waals surface area contributed by atoms with Gasteiger partial charge in [-0.05, 0) is 37.9 Å². The normalized spacial score (nSPS) is 12.1. The smallest absolute Gasteiger partial charge is 0.165 e. The van der Waals surface area contributed by atoms with Gasteiger partial charge in [0.15, 0.2) is 0 Å². The monoisotopic (exact) mass is 308 g/mol. The summed E-state index contributed by atoms with van der Waals surface area (Å²) in [4.78, 5) is -0.607. The molecule has 0 fully saturated rings. The summed E-state index contributed by atoms with van der Waals surface area (Å²) < 4.78 is 36.6. The third-order valence-corrected chi connectivity index (χ3v) is 3.48. The first-order valence-corrected chi connectivity index (χ1v) is 4.83. The Morgan fingerprint density at radius 2 is 1.82 bits per heavy atom. The van der Waals surface area contributed by atoms with E-state index in [1.165, 1.54) is 6.07 Å². The Kier molecular flexibility index (Phi) is 2.66. The van der Waals surface area contributed by atoms with Crippen molar-refractivity contribution in [3.05, 3.63) is 19.2 Å². The van der Waals surface area contributed by atoms with Crippen molar-refractivity contribution in [1.29, 1.82) is 0 Å². The molecule has 1 rings (SSSR count). The van der Waals surface area contributed by atoms with E-state index in [9.17, 15) is 13.2 Å². The molecule has 0 radical (unpaired) electrons. The number of hydrogen-bond donors (Lipinski definition) is 0. The van der Waals surface area contributed by atoms with Crippen LogP contribution >= 0.6 is 43.2 Å². The fraction of sp³-hybridized carbons (Fsp3) is 0.200. The quantitative estimate of drug-likeness (QED) is 0.670. The Balaban J connectivity index is 3.13.